The Hall–Kier alpha value is -5.46. The van der Waals surface area contributed by atoms with E-state index in [2.05, 4.69) is 37.2 Å². The predicted molar refractivity (Wildman–Crippen MR) is 199 cm³/mol. The van der Waals surface area contributed by atoms with Crippen LogP contribution in [0.2, 0.25) is 0 Å². The van der Waals surface area contributed by atoms with Gasteiger partial charge in [0.2, 0.25) is 0 Å². The summed E-state index contributed by atoms with van der Waals surface area (Å²) in [6, 6.07) is 19.2. The van der Waals surface area contributed by atoms with E-state index in [0.717, 1.165) is 72.4 Å². The van der Waals surface area contributed by atoms with Crippen molar-refractivity contribution in [3.8, 4) is 22.3 Å². The largest absolute Gasteiger partial charge is 0.468 e. The lowest BCUT2D eigenvalue weighted by atomic mass is 9.72. The summed E-state index contributed by atoms with van der Waals surface area (Å²) in [6.45, 7) is 3.24. The smallest absolute Gasteiger partial charge is 0.316 e. The number of nitrogens with one attached hydrogen (secondary N) is 3. The second-order valence-corrected chi connectivity index (χ2v) is 13.8. The summed E-state index contributed by atoms with van der Waals surface area (Å²) in [4.78, 5) is 41.4. The third kappa shape index (κ3) is 6.57. The number of likely N-dealkylation sites (tertiary alicyclic amines) is 1. The van der Waals surface area contributed by atoms with Crippen LogP contribution < -0.4 is 5.32 Å². The topological polar surface area (TPSA) is 125 Å². The minimum absolute atomic E-state index is 0.189. The van der Waals surface area contributed by atoms with Gasteiger partial charge in [0.05, 0.1) is 35.8 Å². The summed E-state index contributed by atoms with van der Waals surface area (Å²) in [7, 11) is 4.94. The van der Waals surface area contributed by atoms with Gasteiger partial charge in [0.15, 0.2) is 11.6 Å². The number of ether oxygens (including phenoxy) is 2. The molecule has 0 amide bonds. The number of H-pyrrole nitrogens is 2. The number of hydrogen-bond acceptors (Lipinski definition) is 8. The summed E-state index contributed by atoms with van der Waals surface area (Å²) >= 11 is 0. The van der Waals surface area contributed by atoms with Crippen LogP contribution in [0.15, 0.2) is 85.5 Å². The highest BCUT2D eigenvalue weighted by Gasteiger charge is 2.44. The van der Waals surface area contributed by atoms with Crippen LogP contribution in [0.25, 0.3) is 44.3 Å². The molecule has 6 heterocycles. The van der Waals surface area contributed by atoms with Gasteiger partial charge in [-0.2, -0.15) is 0 Å². The molecule has 4 aromatic heterocycles. The number of piperidine rings is 2. The summed E-state index contributed by atoms with van der Waals surface area (Å²) in [5, 5.41) is 4.24. The SMILES string of the molecule is COC(=O)C1(c2ccc(-c3ccnc4[nH]cc(F)c34)cc2)CCN(C)CC1.COC(=O)C1(c2ccc(-c3ccnc4[nH]cc(F)c34)cc2)CCNCC1. The van der Waals surface area contributed by atoms with Crippen LogP contribution >= 0.6 is 0 Å². The maximum absolute atomic E-state index is 14.2. The average Bonchev–Trinajstić information content (AvgIpc) is 3.80. The molecule has 6 aromatic rings. The van der Waals surface area contributed by atoms with E-state index < -0.39 is 10.8 Å². The van der Waals surface area contributed by atoms with Crippen molar-refractivity contribution in [1.29, 1.82) is 0 Å². The number of methoxy groups -OCH3 is 2. The minimum Gasteiger partial charge on any atom is -0.468 e. The molecule has 0 saturated carbocycles. The van der Waals surface area contributed by atoms with Gasteiger partial charge in [-0.15, -0.1) is 0 Å². The number of pyridine rings is 2. The molecule has 274 valence electrons. The first-order chi connectivity index (χ1) is 25.7. The molecule has 2 fully saturated rings. The number of aromatic amines is 2. The van der Waals surface area contributed by atoms with Crippen LogP contribution in [0.3, 0.4) is 0 Å². The fourth-order valence-electron chi connectivity index (χ4n) is 7.92. The first-order valence-corrected chi connectivity index (χ1v) is 17.7. The Kier molecular flexibility index (Phi) is 10.1. The summed E-state index contributed by atoms with van der Waals surface area (Å²) in [6.07, 6.45) is 8.80. The average molecular weight is 721 g/mol. The molecule has 8 rings (SSSR count). The lowest BCUT2D eigenvalue weighted by Crippen LogP contribution is -2.46. The van der Waals surface area contributed by atoms with Crippen molar-refractivity contribution in [2.75, 3.05) is 47.4 Å². The summed E-state index contributed by atoms with van der Waals surface area (Å²) in [5.74, 6) is -1.03. The van der Waals surface area contributed by atoms with Gasteiger partial charge in [-0.25, -0.2) is 18.7 Å². The third-order valence-corrected chi connectivity index (χ3v) is 11.0. The molecule has 53 heavy (non-hydrogen) atoms. The molecule has 2 aliphatic heterocycles. The number of benzene rings is 2. The number of esters is 2. The molecule has 10 nitrogen and oxygen atoms in total. The molecule has 0 bridgehead atoms. The maximum Gasteiger partial charge on any atom is 0.316 e. The van der Waals surface area contributed by atoms with Crippen LogP contribution in [0.4, 0.5) is 8.78 Å². The quantitative estimate of drug-likeness (QED) is 0.163. The van der Waals surface area contributed by atoms with Crippen molar-refractivity contribution in [3.63, 3.8) is 0 Å². The van der Waals surface area contributed by atoms with Crippen molar-refractivity contribution >= 4 is 34.0 Å². The molecule has 12 heteroatoms. The van der Waals surface area contributed by atoms with Gasteiger partial charge < -0.3 is 29.7 Å². The lowest BCUT2D eigenvalue weighted by Gasteiger charge is -2.38. The lowest BCUT2D eigenvalue weighted by molar-refractivity contribution is -0.150. The number of halogens is 2. The highest BCUT2D eigenvalue weighted by Crippen LogP contribution is 2.39. The Labute approximate surface area is 305 Å². The zero-order chi connectivity index (χ0) is 37.2. The van der Waals surface area contributed by atoms with Crippen molar-refractivity contribution in [2.24, 2.45) is 0 Å². The number of fused-ring (bicyclic) bond motifs is 2. The minimum atomic E-state index is -0.620. The van der Waals surface area contributed by atoms with Gasteiger partial charge in [-0.3, -0.25) is 9.59 Å². The summed E-state index contributed by atoms with van der Waals surface area (Å²) < 4.78 is 38.5. The molecule has 2 aromatic carbocycles. The predicted octanol–water partition coefficient (Wildman–Crippen LogP) is 6.67. The Morgan fingerprint density at radius 3 is 1.49 bits per heavy atom. The van der Waals surface area contributed by atoms with E-state index in [4.69, 9.17) is 9.47 Å². The second kappa shape index (κ2) is 14.9. The number of carbonyl (C=O) groups excluding carboxylic acids is 2. The van der Waals surface area contributed by atoms with Gasteiger partial charge in [-0.1, -0.05) is 48.5 Å². The fraction of sp³-hybridized carbons (Fsp3) is 0.317. The number of rotatable bonds is 6. The van der Waals surface area contributed by atoms with Crippen LogP contribution in [-0.4, -0.2) is 84.2 Å². The highest BCUT2D eigenvalue weighted by atomic mass is 19.1. The monoisotopic (exact) mass is 720 g/mol. The van der Waals surface area contributed by atoms with Crippen LogP contribution in [-0.2, 0) is 29.9 Å². The standard InChI is InChI=1S/C21H22FN3O2.C20H20FN3O2/c1-25-11-8-21(9-12-25,20(26)27-2)15-5-3-14(4-6-15)16-7-10-23-19-18(16)17(22)13-24-19;1-26-19(25)20(7-10-22-11-8-20)14-4-2-13(3-5-14)15-6-9-23-18-17(15)16(21)12-24-18/h3-7,10,13H,8-9,11-12H2,1-2H3,(H,23,24);2-6,9,12,22H,7-8,10-11H2,1H3,(H,23,24). The first-order valence-electron chi connectivity index (χ1n) is 17.7. The number of aromatic nitrogens is 4. The van der Waals surface area contributed by atoms with Gasteiger partial charge in [0.1, 0.15) is 11.3 Å². The van der Waals surface area contributed by atoms with Crippen LogP contribution in [0.5, 0.6) is 0 Å². The maximum atomic E-state index is 14.2. The van der Waals surface area contributed by atoms with E-state index in [1.165, 1.54) is 26.6 Å². The fourth-order valence-corrected chi connectivity index (χ4v) is 7.92. The van der Waals surface area contributed by atoms with E-state index >= 15 is 0 Å². The Bertz CT molecular complexity index is 2240. The zero-order valence-corrected chi connectivity index (χ0v) is 30.0. The van der Waals surface area contributed by atoms with Gasteiger partial charge in [-0.05, 0) is 104 Å². The van der Waals surface area contributed by atoms with Crippen LogP contribution in [0.1, 0.15) is 36.8 Å². The Morgan fingerprint density at radius 2 is 1.08 bits per heavy atom. The summed E-state index contributed by atoms with van der Waals surface area (Å²) in [5.41, 5.74) is 5.02. The highest BCUT2D eigenvalue weighted by molar-refractivity contribution is 5.94. The molecule has 0 spiro atoms. The van der Waals surface area contributed by atoms with Gasteiger partial charge >= 0.3 is 11.9 Å². The van der Waals surface area contributed by atoms with E-state index in [0.29, 0.717) is 34.9 Å². The van der Waals surface area contributed by atoms with E-state index in [1.54, 1.807) is 24.5 Å². The Balaban J connectivity index is 0.000000164. The van der Waals surface area contributed by atoms with E-state index in [1.807, 2.05) is 48.5 Å². The molecule has 0 radical (unpaired) electrons. The first kappa shape index (κ1) is 35.9. The van der Waals surface area contributed by atoms with Crippen molar-refractivity contribution in [2.45, 2.75) is 36.5 Å². The number of carbonyl (C=O) groups is 2. The molecule has 0 atom stereocenters. The second-order valence-electron chi connectivity index (χ2n) is 13.8. The Morgan fingerprint density at radius 1 is 0.660 bits per heavy atom. The zero-order valence-electron chi connectivity index (χ0n) is 30.0. The molecule has 2 aliphatic rings. The third-order valence-electron chi connectivity index (χ3n) is 11.0. The molecule has 2 saturated heterocycles. The molecular weight excluding hydrogens is 678 g/mol. The van der Waals surface area contributed by atoms with E-state index in [-0.39, 0.29) is 23.6 Å². The number of hydrogen-bond donors (Lipinski definition) is 3. The van der Waals surface area contributed by atoms with Crippen molar-refractivity contribution in [1.82, 2.24) is 30.2 Å². The molecular formula is C41H42F2N6O4. The molecule has 0 unspecified atom stereocenters. The van der Waals surface area contributed by atoms with Gasteiger partial charge in [0.25, 0.3) is 0 Å². The van der Waals surface area contributed by atoms with Crippen LogP contribution in [0, 0.1) is 11.6 Å². The molecule has 0 aliphatic carbocycles. The van der Waals surface area contributed by atoms with E-state index in [9.17, 15) is 18.4 Å². The van der Waals surface area contributed by atoms with Crippen molar-refractivity contribution < 1.29 is 27.8 Å². The normalized spacial score (nSPS) is 16.8. The molecule has 3 N–H and O–H groups in total. The number of nitrogens with zero attached hydrogens (tertiary/aromatic N) is 3. The van der Waals surface area contributed by atoms with Gasteiger partial charge in [0, 0.05) is 24.8 Å². The van der Waals surface area contributed by atoms with Crippen molar-refractivity contribution in [3.05, 3.63) is 108 Å².